The molecule has 5 heteroatoms. The summed E-state index contributed by atoms with van der Waals surface area (Å²) < 4.78 is 5.12. The number of piperidine rings is 1. The van der Waals surface area contributed by atoms with Gasteiger partial charge in [0.05, 0.1) is 13.2 Å². The largest absolute Gasteiger partial charge is 0.497 e. The number of likely N-dealkylation sites (tertiary alicyclic amines) is 1. The van der Waals surface area contributed by atoms with Crippen molar-refractivity contribution in [1.82, 2.24) is 4.90 Å². The van der Waals surface area contributed by atoms with E-state index in [0.717, 1.165) is 24.2 Å². The molecule has 1 saturated heterocycles. The van der Waals surface area contributed by atoms with Gasteiger partial charge in [-0.2, -0.15) is 0 Å². The molecule has 1 heterocycles. The van der Waals surface area contributed by atoms with Crippen LogP contribution in [0.25, 0.3) is 0 Å². The molecule has 1 fully saturated rings. The number of carboxylic acids is 1. The van der Waals surface area contributed by atoms with Crippen molar-refractivity contribution >= 4 is 11.9 Å². The molecule has 108 valence electrons. The van der Waals surface area contributed by atoms with Crippen LogP contribution in [0.5, 0.6) is 5.75 Å². The number of carbonyl (C=O) groups is 2. The first-order chi connectivity index (χ1) is 9.54. The minimum atomic E-state index is -0.932. The molecule has 5 nitrogen and oxygen atoms in total. The average molecular weight is 277 g/mol. The summed E-state index contributed by atoms with van der Waals surface area (Å²) in [6, 6.07) is 6.55. The normalized spacial score (nSPS) is 22.4. The van der Waals surface area contributed by atoms with Crippen LogP contribution in [0.15, 0.2) is 24.3 Å². The number of carboxylic acid groups (broad SMARTS) is 1. The van der Waals surface area contributed by atoms with E-state index in [1.54, 1.807) is 7.11 Å². The quantitative estimate of drug-likeness (QED) is 0.920. The summed E-state index contributed by atoms with van der Waals surface area (Å²) in [5.41, 5.74) is 0.951. The van der Waals surface area contributed by atoms with Crippen molar-refractivity contribution in [2.45, 2.75) is 38.3 Å². The molecule has 1 aromatic rings. The summed E-state index contributed by atoms with van der Waals surface area (Å²) in [5.74, 6) is -0.384. The van der Waals surface area contributed by atoms with E-state index in [1.807, 2.05) is 24.3 Å². The van der Waals surface area contributed by atoms with Gasteiger partial charge in [0.15, 0.2) is 0 Å². The summed E-state index contributed by atoms with van der Waals surface area (Å²) in [6.45, 7) is 1.43. The lowest BCUT2D eigenvalue weighted by atomic mass is 9.90. The Balaban J connectivity index is 2.31. The minimum absolute atomic E-state index is 0.173. The third kappa shape index (κ3) is 2.76. The molecule has 0 radical (unpaired) electrons. The highest BCUT2D eigenvalue weighted by Gasteiger charge is 2.37. The van der Waals surface area contributed by atoms with Gasteiger partial charge in [-0.3, -0.25) is 4.79 Å². The molecule has 1 aliphatic rings. The van der Waals surface area contributed by atoms with E-state index in [4.69, 9.17) is 4.74 Å². The lowest BCUT2D eigenvalue weighted by molar-refractivity contribution is -0.154. The second-order valence-electron chi connectivity index (χ2n) is 5.00. The molecule has 2 atom stereocenters. The van der Waals surface area contributed by atoms with Crippen molar-refractivity contribution in [2.75, 3.05) is 7.11 Å². The molecule has 1 N–H and O–H groups in total. The number of hydrogen-bond donors (Lipinski definition) is 1. The predicted octanol–water partition coefficient (Wildman–Crippen LogP) is 2.22. The number of nitrogens with zero attached hydrogens (tertiary/aromatic N) is 1. The molecule has 0 saturated carbocycles. The van der Waals surface area contributed by atoms with Crippen molar-refractivity contribution in [3.63, 3.8) is 0 Å². The van der Waals surface area contributed by atoms with Gasteiger partial charge in [-0.05, 0) is 37.0 Å². The molecular formula is C15H19NO4. The highest BCUT2D eigenvalue weighted by molar-refractivity contribution is 5.83. The molecule has 1 aromatic carbocycles. The number of amides is 1. The number of hydrogen-bond acceptors (Lipinski definition) is 3. The fraction of sp³-hybridized carbons (Fsp3) is 0.467. The molecule has 0 aromatic heterocycles. The van der Waals surface area contributed by atoms with Gasteiger partial charge in [0.2, 0.25) is 5.91 Å². The van der Waals surface area contributed by atoms with Crippen LogP contribution in [0.1, 0.15) is 37.8 Å². The van der Waals surface area contributed by atoms with Crippen LogP contribution >= 0.6 is 0 Å². The van der Waals surface area contributed by atoms with Gasteiger partial charge in [0.1, 0.15) is 11.8 Å². The Hall–Kier alpha value is -2.04. The average Bonchev–Trinajstić information content (AvgIpc) is 2.46. The summed E-state index contributed by atoms with van der Waals surface area (Å²) in [7, 11) is 1.60. The molecule has 0 bridgehead atoms. The standard InChI is InChI=1S/C15H19NO4/c1-10(17)16-13(4-3-5-14(16)15(18)19)11-6-8-12(20-2)9-7-11/h6-9,13-14H,3-5H2,1-2H3,(H,18,19)/t13-,14+/m0/s1. The second-order valence-corrected chi connectivity index (χ2v) is 5.00. The van der Waals surface area contributed by atoms with Crippen LogP contribution in [0, 0.1) is 0 Å². The fourth-order valence-electron chi connectivity index (χ4n) is 2.83. The van der Waals surface area contributed by atoms with Gasteiger partial charge in [0, 0.05) is 6.92 Å². The van der Waals surface area contributed by atoms with E-state index in [-0.39, 0.29) is 11.9 Å². The van der Waals surface area contributed by atoms with Crippen molar-refractivity contribution in [3.8, 4) is 5.75 Å². The first-order valence-electron chi connectivity index (χ1n) is 6.70. The fourth-order valence-corrected chi connectivity index (χ4v) is 2.83. The Kier molecular flexibility index (Phi) is 4.27. The van der Waals surface area contributed by atoms with Crippen molar-refractivity contribution in [1.29, 1.82) is 0 Å². The highest BCUT2D eigenvalue weighted by atomic mass is 16.5. The Labute approximate surface area is 118 Å². The number of benzene rings is 1. The summed E-state index contributed by atoms with van der Waals surface area (Å²) >= 11 is 0. The van der Waals surface area contributed by atoms with E-state index in [9.17, 15) is 14.7 Å². The van der Waals surface area contributed by atoms with Gasteiger partial charge in [0.25, 0.3) is 0 Å². The summed E-state index contributed by atoms with van der Waals surface area (Å²) in [5, 5.41) is 9.29. The van der Waals surface area contributed by atoms with Crippen LogP contribution in [-0.4, -0.2) is 35.0 Å². The number of methoxy groups -OCH3 is 1. The molecule has 1 amide bonds. The zero-order valence-electron chi connectivity index (χ0n) is 11.7. The number of aliphatic carboxylic acids is 1. The maximum atomic E-state index is 11.9. The highest BCUT2D eigenvalue weighted by Crippen LogP contribution is 2.35. The molecule has 2 rings (SSSR count). The van der Waals surface area contributed by atoms with Gasteiger partial charge in [-0.1, -0.05) is 12.1 Å². The molecular weight excluding hydrogens is 258 g/mol. The zero-order valence-corrected chi connectivity index (χ0v) is 11.7. The molecule has 20 heavy (non-hydrogen) atoms. The topological polar surface area (TPSA) is 66.8 Å². The predicted molar refractivity (Wildman–Crippen MR) is 73.5 cm³/mol. The van der Waals surface area contributed by atoms with Gasteiger partial charge in [-0.15, -0.1) is 0 Å². The number of rotatable bonds is 3. The summed E-state index contributed by atoms with van der Waals surface area (Å²) in [6.07, 6.45) is 2.11. The first kappa shape index (κ1) is 14.4. The summed E-state index contributed by atoms with van der Waals surface area (Å²) in [4.78, 5) is 24.7. The Morgan fingerprint density at radius 3 is 2.40 bits per heavy atom. The number of carbonyl (C=O) groups excluding carboxylic acids is 1. The molecule has 1 aliphatic heterocycles. The van der Waals surface area contributed by atoms with E-state index in [1.165, 1.54) is 11.8 Å². The van der Waals surface area contributed by atoms with Crippen LogP contribution in [-0.2, 0) is 9.59 Å². The maximum Gasteiger partial charge on any atom is 0.326 e. The van der Waals surface area contributed by atoms with Crippen LogP contribution in [0.2, 0.25) is 0 Å². The zero-order chi connectivity index (χ0) is 14.7. The van der Waals surface area contributed by atoms with E-state index >= 15 is 0 Å². The van der Waals surface area contributed by atoms with Gasteiger partial charge >= 0.3 is 5.97 Å². The lowest BCUT2D eigenvalue weighted by Gasteiger charge is -2.40. The monoisotopic (exact) mass is 277 g/mol. The van der Waals surface area contributed by atoms with Crippen molar-refractivity contribution < 1.29 is 19.4 Å². The van der Waals surface area contributed by atoms with Crippen molar-refractivity contribution in [2.24, 2.45) is 0 Å². The van der Waals surface area contributed by atoms with Crippen LogP contribution in [0.4, 0.5) is 0 Å². The van der Waals surface area contributed by atoms with Crippen molar-refractivity contribution in [3.05, 3.63) is 29.8 Å². The Morgan fingerprint density at radius 1 is 1.25 bits per heavy atom. The maximum absolute atomic E-state index is 11.9. The van der Waals surface area contributed by atoms with Crippen LogP contribution < -0.4 is 4.74 Å². The molecule has 0 spiro atoms. The second kappa shape index (κ2) is 5.94. The van der Waals surface area contributed by atoms with Gasteiger partial charge in [-0.25, -0.2) is 4.79 Å². The SMILES string of the molecule is COc1ccc([C@@H]2CCC[C@H](C(=O)O)N2C(C)=O)cc1. The smallest absolute Gasteiger partial charge is 0.326 e. The third-order valence-corrected chi connectivity index (χ3v) is 3.78. The minimum Gasteiger partial charge on any atom is -0.497 e. The Morgan fingerprint density at radius 2 is 1.90 bits per heavy atom. The first-order valence-corrected chi connectivity index (χ1v) is 6.70. The molecule has 0 aliphatic carbocycles. The van der Waals surface area contributed by atoms with Gasteiger partial charge < -0.3 is 14.7 Å². The van der Waals surface area contributed by atoms with Crippen LogP contribution in [0.3, 0.4) is 0 Å². The lowest BCUT2D eigenvalue weighted by Crippen LogP contribution is -2.48. The molecule has 0 unspecified atom stereocenters. The third-order valence-electron chi connectivity index (χ3n) is 3.78. The van der Waals surface area contributed by atoms with E-state index in [2.05, 4.69) is 0 Å². The van der Waals surface area contributed by atoms with E-state index < -0.39 is 12.0 Å². The number of ether oxygens (including phenoxy) is 1. The van der Waals surface area contributed by atoms with E-state index in [0.29, 0.717) is 6.42 Å². The Bertz CT molecular complexity index is 497.